The number of likely N-dealkylation sites (tertiary alicyclic amines) is 1. The van der Waals surface area contributed by atoms with Gasteiger partial charge in [0, 0.05) is 13.1 Å². The zero-order chi connectivity index (χ0) is 13.1. The summed E-state index contributed by atoms with van der Waals surface area (Å²) in [4.78, 5) is 25.3. The van der Waals surface area contributed by atoms with E-state index in [2.05, 4.69) is 10.1 Å². The van der Waals surface area contributed by atoms with Gasteiger partial charge in [-0.2, -0.15) is 0 Å². The molecule has 1 aromatic heterocycles. The standard InChI is InChI=1S/C11H14N2O4S/c1-17-11(16)10-8(2-3-18-10)12-9(15)6-13-4-7(14)5-13/h2-3,7,14H,4-6H2,1H3,(H,12,15). The first-order valence-corrected chi connectivity index (χ1v) is 6.34. The smallest absolute Gasteiger partial charge is 0.350 e. The van der Waals surface area contributed by atoms with Gasteiger partial charge in [-0.25, -0.2) is 4.79 Å². The molecule has 0 unspecified atom stereocenters. The number of hydrogen-bond donors (Lipinski definition) is 2. The van der Waals surface area contributed by atoms with Crippen LogP contribution in [0.2, 0.25) is 0 Å². The molecule has 18 heavy (non-hydrogen) atoms. The van der Waals surface area contributed by atoms with Gasteiger partial charge in [-0.15, -0.1) is 11.3 Å². The summed E-state index contributed by atoms with van der Waals surface area (Å²) in [6.45, 7) is 1.25. The fourth-order valence-electron chi connectivity index (χ4n) is 1.72. The van der Waals surface area contributed by atoms with Crippen molar-refractivity contribution in [1.29, 1.82) is 0 Å². The molecule has 0 atom stereocenters. The normalized spacial score (nSPS) is 16.1. The summed E-state index contributed by atoms with van der Waals surface area (Å²) in [5, 5.41) is 13.5. The van der Waals surface area contributed by atoms with E-state index in [-0.39, 0.29) is 18.6 Å². The molecule has 0 bridgehead atoms. The predicted molar refractivity (Wildman–Crippen MR) is 66.7 cm³/mol. The minimum atomic E-state index is -0.459. The zero-order valence-electron chi connectivity index (χ0n) is 9.88. The number of esters is 1. The van der Waals surface area contributed by atoms with Gasteiger partial charge >= 0.3 is 5.97 Å². The number of carbonyl (C=O) groups excluding carboxylic acids is 2. The molecular formula is C11H14N2O4S. The van der Waals surface area contributed by atoms with Crippen LogP contribution in [0.5, 0.6) is 0 Å². The summed E-state index contributed by atoms with van der Waals surface area (Å²) >= 11 is 1.22. The molecule has 0 aromatic carbocycles. The van der Waals surface area contributed by atoms with E-state index in [9.17, 15) is 9.59 Å². The van der Waals surface area contributed by atoms with Gasteiger partial charge in [-0.3, -0.25) is 9.69 Å². The number of aliphatic hydroxyl groups is 1. The first-order chi connectivity index (χ1) is 8.60. The Morgan fingerprint density at radius 2 is 2.33 bits per heavy atom. The van der Waals surface area contributed by atoms with Crippen molar-refractivity contribution < 1.29 is 19.4 Å². The van der Waals surface area contributed by atoms with Gasteiger partial charge in [0.25, 0.3) is 0 Å². The molecule has 2 N–H and O–H groups in total. The Balaban J connectivity index is 1.91. The van der Waals surface area contributed by atoms with Crippen LogP contribution in [-0.4, -0.2) is 54.7 Å². The van der Waals surface area contributed by atoms with E-state index in [0.717, 1.165) is 0 Å². The molecule has 6 nitrogen and oxygen atoms in total. The number of anilines is 1. The van der Waals surface area contributed by atoms with Crippen LogP contribution in [0.1, 0.15) is 9.67 Å². The molecule has 0 spiro atoms. The third-order valence-electron chi connectivity index (χ3n) is 2.62. The van der Waals surface area contributed by atoms with E-state index in [1.807, 2.05) is 4.90 Å². The van der Waals surface area contributed by atoms with E-state index in [4.69, 9.17) is 5.11 Å². The monoisotopic (exact) mass is 270 g/mol. The van der Waals surface area contributed by atoms with E-state index in [0.29, 0.717) is 23.7 Å². The molecule has 98 valence electrons. The average Bonchev–Trinajstić information content (AvgIpc) is 2.74. The highest BCUT2D eigenvalue weighted by Crippen LogP contribution is 2.23. The van der Waals surface area contributed by atoms with E-state index < -0.39 is 5.97 Å². The van der Waals surface area contributed by atoms with Crippen molar-refractivity contribution >= 4 is 28.9 Å². The van der Waals surface area contributed by atoms with Gasteiger partial charge in [0.05, 0.1) is 25.4 Å². The summed E-state index contributed by atoms with van der Waals surface area (Å²) < 4.78 is 4.62. The van der Waals surface area contributed by atoms with Gasteiger partial charge in [-0.1, -0.05) is 0 Å². The fourth-order valence-corrected chi connectivity index (χ4v) is 2.49. The van der Waals surface area contributed by atoms with E-state index in [1.165, 1.54) is 18.4 Å². The van der Waals surface area contributed by atoms with Gasteiger partial charge in [0.1, 0.15) is 4.88 Å². The molecule has 0 saturated carbocycles. The molecule has 2 heterocycles. The maximum atomic E-state index is 11.7. The molecule has 2 rings (SSSR count). The number of amides is 1. The summed E-state index contributed by atoms with van der Waals surface area (Å²) in [6.07, 6.45) is -0.329. The second kappa shape index (κ2) is 5.47. The molecule has 0 radical (unpaired) electrons. The van der Waals surface area contributed by atoms with Crippen LogP contribution in [0.3, 0.4) is 0 Å². The second-order valence-corrected chi connectivity index (χ2v) is 4.97. The fraction of sp³-hybridized carbons (Fsp3) is 0.455. The first kappa shape index (κ1) is 13.0. The van der Waals surface area contributed by atoms with Crippen molar-refractivity contribution in [3.05, 3.63) is 16.3 Å². The van der Waals surface area contributed by atoms with Crippen molar-refractivity contribution in [2.75, 3.05) is 32.1 Å². The van der Waals surface area contributed by atoms with Crippen molar-refractivity contribution in [3.63, 3.8) is 0 Å². The highest BCUT2D eigenvalue weighted by Gasteiger charge is 2.26. The summed E-state index contributed by atoms with van der Waals surface area (Å²) in [5.74, 6) is -0.662. The van der Waals surface area contributed by atoms with Crippen molar-refractivity contribution in [2.45, 2.75) is 6.10 Å². The molecule has 1 aromatic rings. The number of hydrogen-bond acceptors (Lipinski definition) is 6. The Labute approximate surface area is 108 Å². The van der Waals surface area contributed by atoms with Gasteiger partial charge in [0.15, 0.2) is 0 Å². The van der Waals surface area contributed by atoms with Crippen molar-refractivity contribution in [3.8, 4) is 0 Å². The summed E-state index contributed by atoms with van der Waals surface area (Å²) in [5.41, 5.74) is 0.470. The molecule has 1 amide bonds. The number of β-amino-alcohol motifs (C(OH)–C–C–N with tert-alkyl or cyclic N) is 1. The molecule has 1 saturated heterocycles. The summed E-state index contributed by atoms with van der Waals surface area (Å²) in [7, 11) is 1.30. The number of aliphatic hydroxyl groups excluding tert-OH is 1. The maximum absolute atomic E-state index is 11.7. The number of rotatable bonds is 4. The van der Waals surface area contributed by atoms with E-state index >= 15 is 0 Å². The van der Waals surface area contributed by atoms with Crippen LogP contribution < -0.4 is 5.32 Å². The largest absolute Gasteiger partial charge is 0.465 e. The van der Waals surface area contributed by atoms with Crippen LogP contribution in [0, 0.1) is 0 Å². The maximum Gasteiger partial charge on any atom is 0.350 e. The van der Waals surface area contributed by atoms with Crippen LogP contribution in [0.4, 0.5) is 5.69 Å². The molecule has 1 fully saturated rings. The van der Waals surface area contributed by atoms with Crippen LogP contribution >= 0.6 is 11.3 Å². The third-order valence-corrected chi connectivity index (χ3v) is 3.51. The number of methoxy groups -OCH3 is 1. The topological polar surface area (TPSA) is 78.9 Å². The van der Waals surface area contributed by atoms with Gasteiger partial charge < -0.3 is 15.2 Å². The Morgan fingerprint density at radius 3 is 2.94 bits per heavy atom. The Morgan fingerprint density at radius 1 is 1.61 bits per heavy atom. The first-order valence-electron chi connectivity index (χ1n) is 5.46. The van der Waals surface area contributed by atoms with Gasteiger partial charge in [0.2, 0.25) is 5.91 Å². The van der Waals surface area contributed by atoms with Crippen LogP contribution in [0.25, 0.3) is 0 Å². The lowest BCUT2D eigenvalue weighted by molar-refractivity contribution is -0.119. The summed E-state index contributed by atoms with van der Waals surface area (Å²) in [6, 6.07) is 1.67. The Bertz CT molecular complexity index is 454. The van der Waals surface area contributed by atoms with Crippen LogP contribution in [-0.2, 0) is 9.53 Å². The molecule has 1 aliphatic rings. The van der Waals surface area contributed by atoms with Crippen molar-refractivity contribution in [2.24, 2.45) is 0 Å². The minimum absolute atomic E-state index is 0.203. The number of thiophene rings is 1. The Hall–Kier alpha value is -1.44. The van der Waals surface area contributed by atoms with Gasteiger partial charge in [-0.05, 0) is 11.4 Å². The third kappa shape index (κ3) is 2.87. The number of carbonyl (C=O) groups is 2. The minimum Gasteiger partial charge on any atom is -0.465 e. The highest BCUT2D eigenvalue weighted by atomic mass is 32.1. The second-order valence-electron chi connectivity index (χ2n) is 4.05. The molecule has 1 aliphatic heterocycles. The number of nitrogens with zero attached hydrogens (tertiary/aromatic N) is 1. The lowest BCUT2D eigenvalue weighted by atomic mass is 10.2. The molecule has 7 heteroatoms. The molecular weight excluding hydrogens is 256 g/mol. The van der Waals surface area contributed by atoms with E-state index in [1.54, 1.807) is 11.4 Å². The van der Waals surface area contributed by atoms with Crippen molar-refractivity contribution in [1.82, 2.24) is 4.90 Å². The predicted octanol–water partition coefficient (Wildman–Crippen LogP) is 0.150. The highest BCUT2D eigenvalue weighted by molar-refractivity contribution is 7.12. The molecule has 0 aliphatic carbocycles. The van der Waals surface area contributed by atoms with Crippen LogP contribution in [0.15, 0.2) is 11.4 Å². The quantitative estimate of drug-likeness (QED) is 0.761. The Kier molecular flexibility index (Phi) is 3.95. The number of nitrogens with one attached hydrogen (secondary N) is 1. The lowest BCUT2D eigenvalue weighted by Gasteiger charge is -2.34. The zero-order valence-corrected chi connectivity index (χ0v) is 10.7. The SMILES string of the molecule is COC(=O)c1sccc1NC(=O)CN1CC(O)C1. The number of ether oxygens (including phenoxy) is 1. The lowest BCUT2D eigenvalue weighted by Crippen LogP contribution is -2.53. The average molecular weight is 270 g/mol.